The predicted octanol–water partition coefficient (Wildman–Crippen LogP) is 3.69. The van der Waals surface area contributed by atoms with Gasteiger partial charge in [0.05, 0.1) is 10.6 Å². The number of nitrogens with zero attached hydrogens (tertiary/aromatic N) is 1. The van der Waals surface area contributed by atoms with E-state index in [1.54, 1.807) is 37.3 Å². The number of carbonyl (C=O) groups excluding carboxylic acids is 1. The summed E-state index contributed by atoms with van der Waals surface area (Å²) in [4.78, 5) is 12.6. The average Bonchev–Trinajstić information content (AvgIpc) is 2.68. The number of aryl methyl sites for hydroxylation is 1. The van der Waals surface area contributed by atoms with Crippen LogP contribution in [0.4, 0.5) is 5.69 Å². The second-order valence-electron chi connectivity index (χ2n) is 6.61. The fraction of sp³-hybridized carbons (Fsp3) is 0.381. The van der Waals surface area contributed by atoms with Crippen molar-refractivity contribution in [3.8, 4) is 0 Å². The minimum Gasteiger partial charge on any atom is -0.382 e. The SMILES string of the molecule is CCOCCCNC(=O)CN(c1cccc(Cl)c1C)S(=O)(=O)c1ccc(C)cc1. The number of hydrogen-bond donors (Lipinski definition) is 1. The van der Waals surface area contributed by atoms with Crippen molar-refractivity contribution in [1.29, 1.82) is 0 Å². The molecule has 0 radical (unpaired) electrons. The zero-order chi connectivity index (χ0) is 21.4. The van der Waals surface area contributed by atoms with Gasteiger partial charge < -0.3 is 10.1 Å². The Hall–Kier alpha value is -2.09. The van der Waals surface area contributed by atoms with E-state index in [2.05, 4.69) is 5.32 Å². The van der Waals surface area contributed by atoms with Gasteiger partial charge in [-0.1, -0.05) is 35.4 Å². The molecule has 0 aliphatic carbocycles. The van der Waals surface area contributed by atoms with Crippen LogP contribution in [0.3, 0.4) is 0 Å². The molecule has 1 amide bonds. The van der Waals surface area contributed by atoms with Crippen LogP contribution in [0.5, 0.6) is 0 Å². The van der Waals surface area contributed by atoms with Crippen LogP contribution in [0.1, 0.15) is 24.5 Å². The molecule has 0 aliphatic heterocycles. The van der Waals surface area contributed by atoms with Crippen molar-refractivity contribution in [2.45, 2.75) is 32.1 Å². The molecule has 0 spiro atoms. The first-order valence-corrected chi connectivity index (χ1v) is 11.3. The Morgan fingerprint density at radius 3 is 2.48 bits per heavy atom. The molecule has 0 bridgehead atoms. The number of anilines is 1. The maximum Gasteiger partial charge on any atom is 0.264 e. The summed E-state index contributed by atoms with van der Waals surface area (Å²) in [5.41, 5.74) is 1.91. The number of carbonyl (C=O) groups is 1. The van der Waals surface area contributed by atoms with E-state index in [9.17, 15) is 13.2 Å². The monoisotopic (exact) mass is 438 g/mol. The summed E-state index contributed by atoms with van der Waals surface area (Å²) in [7, 11) is -3.96. The molecule has 0 saturated carbocycles. The minimum absolute atomic E-state index is 0.117. The second kappa shape index (κ2) is 10.6. The molecule has 29 heavy (non-hydrogen) atoms. The van der Waals surface area contributed by atoms with E-state index in [1.807, 2.05) is 13.8 Å². The highest BCUT2D eigenvalue weighted by Gasteiger charge is 2.28. The van der Waals surface area contributed by atoms with E-state index in [4.69, 9.17) is 16.3 Å². The zero-order valence-corrected chi connectivity index (χ0v) is 18.5. The van der Waals surface area contributed by atoms with E-state index in [0.717, 1.165) is 9.87 Å². The summed E-state index contributed by atoms with van der Waals surface area (Å²) in [5, 5.41) is 3.18. The van der Waals surface area contributed by atoms with E-state index in [0.29, 0.717) is 42.5 Å². The van der Waals surface area contributed by atoms with Crippen LogP contribution in [0.2, 0.25) is 5.02 Å². The first-order chi connectivity index (χ1) is 13.8. The standard InChI is InChI=1S/C21H27ClN2O4S/c1-4-28-14-6-13-23-21(25)15-24(20-8-5-7-19(22)17(20)3)29(26,27)18-11-9-16(2)10-12-18/h5,7-12H,4,6,13-15H2,1-3H3,(H,23,25). The molecule has 0 atom stereocenters. The van der Waals surface area contributed by atoms with E-state index < -0.39 is 15.9 Å². The molecule has 2 aromatic rings. The van der Waals surface area contributed by atoms with Crippen molar-refractivity contribution < 1.29 is 17.9 Å². The van der Waals surface area contributed by atoms with Crippen LogP contribution in [0.15, 0.2) is 47.4 Å². The predicted molar refractivity (Wildman–Crippen MR) is 116 cm³/mol. The first kappa shape index (κ1) is 23.2. The van der Waals surface area contributed by atoms with Crippen molar-refractivity contribution in [3.05, 3.63) is 58.6 Å². The van der Waals surface area contributed by atoms with E-state index >= 15 is 0 Å². The van der Waals surface area contributed by atoms with Crippen molar-refractivity contribution in [3.63, 3.8) is 0 Å². The molecule has 0 aliphatic rings. The lowest BCUT2D eigenvalue weighted by atomic mass is 10.2. The van der Waals surface area contributed by atoms with Gasteiger partial charge >= 0.3 is 0 Å². The van der Waals surface area contributed by atoms with Gasteiger partial charge in [-0.2, -0.15) is 0 Å². The highest BCUT2D eigenvalue weighted by molar-refractivity contribution is 7.92. The van der Waals surface area contributed by atoms with Crippen molar-refractivity contribution in [1.82, 2.24) is 5.32 Å². The Kier molecular flexibility index (Phi) is 8.49. The number of nitrogens with one attached hydrogen (secondary N) is 1. The smallest absolute Gasteiger partial charge is 0.264 e. The molecule has 1 N–H and O–H groups in total. The Morgan fingerprint density at radius 1 is 1.14 bits per heavy atom. The normalized spacial score (nSPS) is 11.3. The van der Waals surface area contributed by atoms with E-state index in [1.165, 1.54) is 12.1 Å². The van der Waals surface area contributed by atoms with Crippen molar-refractivity contribution in [2.24, 2.45) is 0 Å². The highest BCUT2D eigenvalue weighted by atomic mass is 35.5. The topological polar surface area (TPSA) is 75.7 Å². The van der Waals surface area contributed by atoms with Crippen LogP contribution < -0.4 is 9.62 Å². The van der Waals surface area contributed by atoms with Gasteiger partial charge in [-0.25, -0.2) is 8.42 Å². The number of ether oxygens (including phenoxy) is 1. The molecule has 8 heteroatoms. The number of rotatable bonds is 10. The van der Waals surface area contributed by atoms with Crippen LogP contribution >= 0.6 is 11.6 Å². The van der Waals surface area contributed by atoms with E-state index in [-0.39, 0.29) is 11.4 Å². The minimum atomic E-state index is -3.96. The maximum absolute atomic E-state index is 13.3. The fourth-order valence-electron chi connectivity index (χ4n) is 2.74. The Morgan fingerprint density at radius 2 is 1.83 bits per heavy atom. The molecule has 0 unspecified atom stereocenters. The third kappa shape index (κ3) is 6.19. The summed E-state index contributed by atoms with van der Waals surface area (Å²) >= 11 is 6.21. The van der Waals surface area contributed by atoms with Gasteiger partial charge in [-0.3, -0.25) is 9.10 Å². The largest absolute Gasteiger partial charge is 0.382 e. The molecular formula is C21H27ClN2O4S. The zero-order valence-electron chi connectivity index (χ0n) is 16.9. The Balaban J connectivity index is 2.30. The Labute approximate surface area is 177 Å². The maximum atomic E-state index is 13.3. The molecule has 6 nitrogen and oxygen atoms in total. The lowest BCUT2D eigenvalue weighted by Gasteiger charge is -2.26. The molecular weight excluding hydrogens is 412 g/mol. The number of hydrogen-bond acceptors (Lipinski definition) is 4. The van der Waals surface area contributed by atoms with Gasteiger partial charge in [0.2, 0.25) is 5.91 Å². The average molecular weight is 439 g/mol. The van der Waals surface area contributed by atoms with Crippen molar-refractivity contribution >= 4 is 33.2 Å². The van der Waals surface area contributed by atoms with Gasteiger partial charge in [0.25, 0.3) is 10.0 Å². The fourth-order valence-corrected chi connectivity index (χ4v) is 4.38. The van der Waals surface area contributed by atoms with Gasteiger partial charge in [0.15, 0.2) is 0 Å². The lowest BCUT2D eigenvalue weighted by Crippen LogP contribution is -2.41. The molecule has 0 aromatic heterocycles. The molecule has 0 saturated heterocycles. The van der Waals surface area contributed by atoms with Crippen molar-refractivity contribution in [2.75, 3.05) is 30.6 Å². The van der Waals surface area contributed by atoms with Gasteiger partial charge in [0, 0.05) is 24.8 Å². The number of sulfonamides is 1. The van der Waals surface area contributed by atoms with Gasteiger partial charge in [0.1, 0.15) is 6.54 Å². The van der Waals surface area contributed by atoms with Gasteiger partial charge in [-0.15, -0.1) is 0 Å². The molecule has 2 aromatic carbocycles. The van der Waals surface area contributed by atoms with Gasteiger partial charge in [-0.05, 0) is 57.0 Å². The molecule has 0 heterocycles. The van der Waals surface area contributed by atoms with Crippen LogP contribution in [0, 0.1) is 13.8 Å². The molecule has 0 fully saturated rings. The first-order valence-electron chi connectivity index (χ1n) is 9.46. The third-order valence-corrected chi connectivity index (χ3v) is 6.58. The van der Waals surface area contributed by atoms with Crippen LogP contribution in [0.25, 0.3) is 0 Å². The summed E-state index contributed by atoms with van der Waals surface area (Å²) in [6.45, 7) is 6.73. The number of amides is 1. The Bertz CT molecular complexity index is 930. The lowest BCUT2D eigenvalue weighted by molar-refractivity contribution is -0.119. The molecule has 2 rings (SSSR count). The third-order valence-electron chi connectivity index (χ3n) is 4.40. The summed E-state index contributed by atoms with van der Waals surface area (Å²) < 4.78 is 33.0. The second-order valence-corrected chi connectivity index (χ2v) is 8.88. The summed E-state index contributed by atoms with van der Waals surface area (Å²) in [5.74, 6) is -0.392. The number of benzene rings is 2. The molecule has 158 valence electrons. The van der Waals surface area contributed by atoms with Crippen LogP contribution in [-0.4, -0.2) is 40.6 Å². The summed E-state index contributed by atoms with van der Waals surface area (Å²) in [6.07, 6.45) is 0.653. The quantitative estimate of drug-likeness (QED) is 0.574. The summed E-state index contributed by atoms with van der Waals surface area (Å²) in [6, 6.07) is 11.5. The highest BCUT2D eigenvalue weighted by Crippen LogP contribution is 2.30. The number of halogens is 1. The van der Waals surface area contributed by atoms with Crippen LogP contribution in [-0.2, 0) is 19.6 Å².